The van der Waals surface area contributed by atoms with Gasteiger partial charge < -0.3 is 10.2 Å². The Morgan fingerprint density at radius 3 is 3.12 bits per heavy atom. The Morgan fingerprint density at radius 2 is 2.36 bits per heavy atom. The Labute approximate surface area is 164 Å². The van der Waals surface area contributed by atoms with Crippen molar-refractivity contribution >= 4 is 50.8 Å². The first-order valence-corrected chi connectivity index (χ1v) is 11.1. The van der Waals surface area contributed by atoms with E-state index in [1.54, 1.807) is 29.9 Å². The minimum atomic E-state index is 0.0361. The molecule has 3 heterocycles. The minimum Gasteiger partial charge on any atom is -0.355 e. The molecule has 1 atom stereocenters. The van der Waals surface area contributed by atoms with E-state index in [1.807, 2.05) is 11.8 Å². The van der Waals surface area contributed by atoms with Gasteiger partial charge in [0.15, 0.2) is 0 Å². The molecule has 1 N–H and O–H groups in total. The van der Waals surface area contributed by atoms with E-state index in [-0.39, 0.29) is 11.8 Å². The molecule has 134 valence electrons. The van der Waals surface area contributed by atoms with Gasteiger partial charge in [0, 0.05) is 48.4 Å². The highest BCUT2D eigenvalue weighted by molar-refractivity contribution is 9.11. The average molecular weight is 441 g/mol. The largest absolute Gasteiger partial charge is 0.355 e. The molecular weight excluding hydrogens is 420 g/mol. The van der Waals surface area contributed by atoms with Crippen LogP contribution in [0.4, 0.5) is 5.82 Å². The second-order valence-electron chi connectivity index (χ2n) is 5.90. The molecule has 0 spiro atoms. The summed E-state index contributed by atoms with van der Waals surface area (Å²) in [7, 11) is 0. The highest BCUT2D eigenvalue weighted by Gasteiger charge is 2.26. The van der Waals surface area contributed by atoms with Gasteiger partial charge in [-0.25, -0.2) is 4.98 Å². The molecular formula is C17H21BrN4OS2. The summed E-state index contributed by atoms with van der Waals surface area (Å²) >= 11 is 7.10. The van der Waals surface area contributed by atoms with Crippen molar-refractivity contribution in [1.29, 1.82) is 0 Å². The maximum absolute atomic E-state index is 12.4. The fourth-order valence-electron chi connectivity index (χ4n) is 2.85. The molecule has 1 saturated heterocycles. The summed E-state index contributed by atoms with van der Waals surface area (Å²) in [5, 5.41) is 3.09. The quantitative estimate of drug-likeness (QED) is 0.666. The Bertz CT molecular complexity index is 682. The molecule has 0 saturated carbocycles. The van der Waals surface area contributed by atoms with Crippen molar-refractivity contribution in [2.75, 3.05) is 30.3 Å². The van der Waals surface area contributed by atoms with Gasteiger partial charge in [0.2, 0.25) is 5.91 Å². The van der Waals surface area contributed by atoms with Crippen LogP contribution in [0.15, 0.2) is 34.5 Å². The summed E-state index contributed by atoms with van der Waals surface area (Å²) in [6, 6.07) is 4.22. The number of halogens is 1. The van der Waals surface area contributed by atoms with Crippen molar-refractivity contribution in [3.8, 4) is 0 Å². The zero-order valence-electron chi connectivity index (χ0n) is 13.9. The Kier molecular flexibility index (Phi) is 7.12. The summed E-state index contributed by atoms with van der Waals surface area (Å²) < 4.78 is 1.17. The lowest BCUT2D eigenvalue weighted by Crippen LogP contribution is -2.43. The molecule has 2 aromatic heterocycles. The number of nitrogens with one attached hydrogen (secondary N) is 1. The van der Waals surface area contributed by atoms with Crippen molar-refractivity contribution in [1.82, 2.24) is 15.3 Å². The van der Waals surface area contributed by atoms with Crippen molar-refractivity contribution in [3.63, 3.8) is 0 Å². The van der Waals surface area contributed by atoms with Gasteiger partial charge in [-0.3, -0.25) is 9.78 Å². The zero-order chi connectivity index (χ0) is 17.5. The zero-order valence-corrected chi connectivity index (χ0v) is 17.1. The Morgan fingerprint density at radius 1 is 1.44 bits per heavy atom. The van der Waals surface area contributed by atoms with E-state index in [9.17, 15) is 4.79 Å². The van der Waals surface area contributed by atoms with Crippen LogP contribution in [0, 0.1) is 5.92 Å². The molecule has 2 aromatic rings. The van der Waals surface area contributed by atoms with Crippen LogP contribution in [0.2, 0.25) is 0 Å². The Hall–Kier alpha value is -1.12. The maximum atomic E-state index is 12.4. The second-order valence-corrected chi connectivity index (χ2v) is 9.55. The fourth-order valence-corrected chi connectivity index (χ4v) is 5.30. The predicted octanol–water partition coefficient (Wildman–Crippen LogP) is 3.57. The van der Waals surface area contributed by atoms with Crippen molar-refractivity contribution in [2.45, 2.75) is 18.6 Å². The normalized spacial score (nSPS) is 17.5. The maximum Gasteiger partial charge on any atom is 0.224 e. The lowest BCUT2D eigenvalue weighted by atomic mass is 9.97. The molecule has 1 aliphatic heterocycles. The van der Waals surface area contributed by atoms with Crippen LogP contribution in [0.1, 0.15) is 17.7 Å². The van der Waals surface area contributed by atoms with Crippen LogP contribution >= 0.6 is 39.0 Å². The first-order valence-electron chi connectivity index (χ1n) is 8.33. The number of rotatable bonds is 7. The highest BCUT2D eigenvalue weighted by Crippen LogP contribution is 2.25. The molecule has 1 amide bonds. The number of thiophene rings is 1. The summed E-state index contributed by atoms with van der Waals surface area (Å²) in [5.41, 5.74) is 0. The van der Waals surface area contributed by atoms with Gasteiger partial charge in [0.1, 0.15) is 5.82 Å². The first-order chi connectivity index (χ1) is 12.2. The van der Waals surface area contributed by atoms with Crippen LogP contribution in [-0.2, 0) is 10.5 Å². The molecule has 0 bridgehead atoms. The number of piperidine rings is 1. The van der Waals surface area contributed by atoms with Crippen molar-refractivity contribution < 1.29 is 4.79 Å². The number of carbonyl (C=O) groups is 1. The smallest absolute Gasteiger partial charge is 0.224 e. The standard InChI is InChI=1S/C17H21BrN4OS2/c18-15-4-3-14(25-15)12-24-9-7-21-17(23)13-2-1-8-22(11-13)16-10-19-5-6-20-16/h3-6,10,13H,1-2,7-9,11-12H2,(H,21,23). The van der Waals surface area contributed by atoms with E-state index >= 15 is 0 Å². The average Bonchev–Trinajstić information content (AvgIpc) is 3.07. The van der Waals surface area contributed by atoms with E-state index < -0.39 is 0 Å². The molecule has 8 heteroatoms. The molecule has 0 radical (unpaired) electrons. The van der Waals surface area contributed by atoms with Gasteiger partial charge in [-0.05, 0) is 40.9 Å². The number of thioether (sulfide) groups is 1. The van der Waals surface area contributed by atoms with Crippen LogP contribution in [-0.4, -0.2) is 41.3 Å². The van der Waals surface area contributed by atoms with Crippen molar-refractivity contribution in [2.24, 2.45) is 5.92 Å². The van der Waals surface area contributed by atoms with E-state index in [2.05, 4.69) is 48.2 Å². The summed E-state index contributed by atoms with van der Waals surface area (Å²) in [6.45, 7) is 2.38. The van der Waals surface area contributed by atoms with Crippen LogP contribution < -0.4 is 10.2 Å². The van der Waals surface area contributed by atoms with E-state index in [0.29, 0.717) is 0 Å². The summed E-state index contributed by atoms with van der Waals surface area (Å²) in [6.07, 6.45) is 7.09. The number of hydrogen-bond acceptors (Lipinski definition) is 6. The number of aromatic nitrogens is 2. The molecule has 3 rings (SSSR count). The molecule has 0 aromatic carbocycles. The minimum absolute atomic E-state index is 0.0361. The predicted molar refractivity (Wildman–Crippen MR) is 108 cm³/mol. The lowest BCUT2D eigenvalue weighted by Gasteiger charge is -2.32. The van der Waals surface area contributed by atoms with Gasteiger partial charge in [-0.1, -0.05) is 0 Å². The Balaban J connectivity index is 1.37. The van der Waals surface area contributed by atoms with E-state index in [1.165, 1.54) is 8.66 Å². The number of hydrogen-bond donors (Lipinski definition) is 1. The summed E-state index contributed by atoms with van der Waals surface area (Å²) in [5.74, 6) is 2.98. The lowest BCUT2D eigenvalue weighted by molar-refractivity contribution is -0.125. The van der Waals surface area contributed by atoms with E-state index in [0.717, 1.165) is 49.8 Å². The first kappa shape index (κ1) is 18.7. The monoisotopic (exact) mass is 440 g/mol. The van der Waals surface area contributed by atoms with Crippen molar-refractivity contribution in [3.05, 3.63) is 39.4 Å². The third-order valence-electron chi connectivity index (χ3n) is 4.08. The van der Waals surface area contributed by atoms with Gasteiger partial charge in [0.05, 0.1) is 15.9 Å². The number of carbonyl (C=O) groups excluding carboxylic acids is 1. The molecule has 1 fully saturated rings. The van der Waals surface area contributed by atoms with Crippen LogP contribution in [0.25, 0.3) is 0 Å². The number of nitrogens with zero attached hydrogens (tertiary/aromatic N) is 3. The van der Waals surface area contributed by atoms with E-state index in [4.69, 9.17) is 0 Å². The SMILES string of the molecule is O=C(NCCSCc1ccc(Br)s1)C1CCCN(c2cnccn2)C1. The number of amides is 1. The van der Waals surface area contributed by atoms with Gasteiger partial charge >= 0.3 is 0 Å². The molecule has 1 unspecified atom stereocenters. The van der Waals surface area contributed by atoms with Gasteiger partial charge in [-0.15, -0.1) is 11.3 Å². The topological polar surface area (TPSA) is 58.1 Å². The number of anilines is 1. The highest BCUT2D eigenvalue weighted by atomic mass is 79.9. The molecule has 0 aliphatic carbocycles. The van der Waals surface area contributed by atoms with Gasteiger partial charge in [-0.2, -0.15) is 11.8 Å². The van der Waals surface area contributed by atoms with Crippen LogP contribution in [0.3, 0.4) is 0 Å². The third-order valence-corrected chi connectivity index (χ3v) is 6.90. The fraction of sp³-hybridized carbons (Fsp3) is 0.471. The third kappa shape index (κ3) is 5.69. The second kappa shape index (κ2) is 9.54. The molecule has 5 nitrogen and oxygen atoms in total. The van der Waals surface area contributed by atoms with Crippen LogP contribution in [0.5, 0.6) is 0 Å². The summed E-state index contributed by atoms with van der Waals surface area (Å²) in [4.78, 5) is 24.4. The molecule has 1 aliphatic rings. The van der Waals surface area contributed by atoms with Gasteiger partial charge in [0.25, 0.3) is 0 Å². The molecule has 25 heavy (non-hydrogen) atoms.